The van der Waals surface area contributed by atoms with Crippen molar-refractivity contribution < 1.29 is 26.6 Å². The Kier molecular flexibility index (Phi) is 5.37. The quantitative estimate of drug-likeness (QED) is 0.622. The highest BCUT2D eigenvalue weighted by Gasteiger charge is 2.07. The van der Waals surface area contributed by atoms with E-state index in [1.54, 1.807) is 19.2 Å². The Labute approximate surface area is 129 Å². The molecule has 0 unspecified atom stereocenters. The lowest BCUT2D eigenvalue weighted by atomic mass is 10.1. The molecule has 7 heteroatoms. The first-order valence-corrected chi connectivity index (χ1v) is 7.83. The van der Waals surface area contributed by atoms with Gasteiger partial charge in [-0.2, -0.15) is 8.42 Å². The van der Waals surface area contributed by atoms with E-state index in [0.717, 1.165) is 16.9 Å². The molecule has 0 aromatic heterocycles. The Balaban J connectivity index is 2.05. The van der Waals surface area contributed by atoms with Crippen LogP contribution in [0.25, 0.3) is 11.1 Å². The second kappa shape index (κ2) is 7.26. The minimum Gasteiger partial charge on any atom is -0.491 e. The van der Waals surface area contributed by atoms with Crippen molar-refractivity contribution in [3.05, 3.63) is 48.5 Å². The Morgan fingerprint density at radius 1 is 0.864 bits per heavy atom. The monoisotopic (exact) mass is 324 g/mol. The molecule has 0 radical (unpaired) electrons. The van der Waals surface area contributed by atoms with Crippen LogP contribution >= 0.6 is 0 Å². The largest absolute Gasteiger partial charge is 0.491 e. The Hall–Kier alpha value is -2.09. The van der Waals surface area contributed by atoms with Crippen molar-refractivity contribution in [2.75, 3.05) is 20.3 Å². The molecule has 0 aliphatic rings. The number of hydrogen-bond acceptors (Lipinski definition) is 5. The zero-order valence-corrected chi connectivity index (χ0v) is 12.7. The van der Waals surface area contributed by atoms with Gasteiger partial charge in [0.05, 0.1) is 6.61 Å². The van der Waals surface area contributed by atoms with Crippen molar-refractivity contribution in [2.45, 2.75) is 0 Å². The lowest BCUT2D eigenvalue weighted by Gasteiger charge is -2.07. The van der Waals surface area contributed by atoms with Crippen LogP contribution in [0.5, 0.6) is 11.5 Å². The van der Waals surface area contributed by atoms with Gasteiger partial charge in [-0.1, -0.05) is 24.3 Å². The van der Waals surface area contributed by atoms with Crippen LogP contribution in [0.1, 0.15) is 0 Å². The molecule has 2 aromatic rings. The van der Waals surface area contributed by atoms with Gasteiger partial charge < -0.3 is 13.7 Å². The summed E-state index contributed by atoms with van der Waals surface area (Å²) in [5.41, 5.74) is 1.82. The van der Waals surface area contributed by atoms with E-state index in [9.17, 15) is 8.42 Å². The van der Waals surface area contributed by atoms with Crippen LogP contribution in [0.2, 0.25) is 0 Å². The van der Waals surface area contributed by atoms with E-state index in [1.165, 1.54) is 12.1 Å². The zero-order chi connectivity index (χ0) is 16.0. The van der Waals surface area contributed by atoms with Gasteiger partial charge in [0.2, 0.25) is 0 Å². The van der Waals surface area contributed by atoms with E-state index < -0.39 is 10.4 Å². The summed E-state index contributed by atoms with van der Waals surface area (Å²) in [4.78, 5) is 0. The van der Waals surface area contributed by atoms with Gasteiger partial charge in [0.1, 0.15) is 18.1 Å². The SMILES string of the molecule is COCCOc1ccc(-c2ccc(OS(=O)(=O)O)cc2)cc1. The minimum absolute atomic E-state index is 0.0470. The van der Waals surface area contributed by atoms with Crippen molar-refractivity contribution in [1.82, 2.24) is 0 Å². The third-order valence-electron chi connectivity index (χ3n) is 2.80. The second-order valence-corrected chi connectivity index (χ2v) is 5.42. The van der Waals surface area contributed by atoms with Gasteiger partial charge in [0.15, 0.2) is 0 Å². The molecular formula is C15H16O6S. The summed E-state index contributed by atoms with van der Waals surface area (Å²) in [6.45, 7) is 1.01. The molecule has 1 N–H and O–H groups in total. The Morgan fingerprint density at radius 3 is 1.82 bits per heavy atom. The van der Waals surface area contributed by atoms with Crippen LogP contribution in [0, 0.1) is 0 Å². The molecule has 0 saturated carbocycles. The fraction of sp³-hybridized carbons (Fsp3) is 0.200. The summed E-state index contributed by atoms with van der Waals surface area (Å²) in [6, 6.07) is 13.8. The van der Waals surface area contributed by atoms with E-state index in [2.05, 4.69) is 4.18 Å². The highest BCUT2D eigenvalue weighted by molar-refractivity contribution is 7.81. The molecule has 0 fully saturated rings. The van der Waals surface area contributed by atoms with Crippen molar-refractivity contribution in [3.8, 4) is 22.6 Å². The lowest BCUT2D eigenvalue weighted by molar-refractivity contribution is 0.146. The van der Waals surface area contributed by atoms with Gasteiger partial charge >= 0.3 is 10.4 Å². The van der Waals surface area contributed by atoms with Crippen molar-refractivity contribution in [1.29, 1.82) is 0 Å². The molecule has 0 bridgehead atoms. The number of rotatable bonds is 7. The topological polar surface area (TPSA) is 82.1 Å². The average Bonchev–Trinajstić information content (AvgIpc) is 2.48. The summed E-state index contributed by atoms with van der Waals surface area (Å²) in [6.07, 6.45) is 0. The van der Waals surface area contributed by atoms with E-state index >= 15 is 0 Å². The molecule has 6 nitrogen and oxygen atoms in total. The second-order valence-electron chi connectivity index (χ2n) is 4.40. The predicted molar refractivity (Wildman–Crippen MR) is 81.4 cm³/mol. The van der Waals surface area contributed by atoms with Gasteiger partial charge in [0, 0.05) is 7.11 Å². The summed E-state index contributed by atoms with van der Waals surface area (Å²) >= 11 is 0. The predicted octanol–water partition coefficient (Wildman–Crippen LogP) is 2.56. The molecule has 0 aliphatic heterocycles. The van der Waals surface area contributed by atoms with E-state index in [-0.39, 0.29) is 5.75 Å². The van der Waals surface area contributed by atoms with E-state index in [0.29, 0.717) is 13.2 Å². The summed E-state index contributed by atoms with van der Waals surface area (Å²) < 4.78 is 44.6. The fourth-order valence-corrected chi connectivity index (χ4v) is 2.17. The summed E-state index contributed by atoms with van der Waals surface area (Å²) in [5.74, 6) is 0.790. The maximum absolute atomic E-state index is 10.6. The molecule has 0 heterocycles. The normalized spacial score (nSPS) is 11.2. The molecule has 2 rings (SSSR count). The smallest absolute Gasteiger partial charge is 0.446 e. The van der Waals surface area contributed by atoms with E-state index in [1.807, 2.05) is 24.3 Å². The summed E-state index contributed by atoms with van der Waals surface area (Å²) in [5, 5.41) is 0. The number of methoxy groups -OCH3 is 1. The first kappa shape index (κ1) is 16.3. The number of hydrogen-bond donors (Lipinski definition) is 1. The minimum atomic E-state index is -4.50. The van der Waals surface area contributed by atoms with Crippen LogP contribution in [-0.4, -0.2) is 33.3 Å². The maximum atomic E-state index is 10.6. The van der Waals surface area contributed by atoms with Gasteiger partial charge in [0.25, 0.3) is 0 Å². The average molecular weight is 324 g/mol. The Bertz CT molecular complexity index is 692. The third-order valence-corrected chi connectivity index (χ3v) is 3.20. The molecular weight excluding hydrogens is 308 g/mol. The van der Waals surface area contributed by atoms with Crippen LogP contribution in [0.4, 0.5) is 0 Å². The van der Waals surface area contributed by atoms with Crippen molar-refractivity contribution in [3.63, 3.8) is 0 Å². The molecule has 0 aliphatic carbocycles. The molecule has 0 atom stereocenters. The lowest BCUT2D eigenvalue weighted by Crippen LogP contribution is -2.06. The van der Waals surface area contributed by atoms with Gasteiger partial charge in [-0.05, 0) is 35.4 Å². The fourth-order valence-electron chi connectivity index (χ4n) is 1.81. The highest BCUT2D eigenvalue weighted by atomic mass is 32.3. The molecule has 0 saturated heterocycles. The molecule has 0 amide bonds. The first-order chi connectivity index (χ1) is 10.5. The van der Waals surface area contributed by atoms with Crippen LogP contribution < -0.4 is 8.92 Å². The standard InChI is InChI=1S/C15H16O6S/c1-19-10-11-20-14-6-2-12(3-7-14)13-4-8-15(9-5-13)21-22(16,17)18/h2-9H,10-11H2,1H3,(H,16,17,18). The van der Waals surface area contributed by atoms with E-state index in [4.69, 9.17) is 14.0 Å². The first-order valence-electron chi connectivity index (χ1n) is 6.47. The molecule has 0 spiro atoms. The van der Waals surface area contributed by atoms with Crippen molar-refractivity contribution >= 4 is 10.4 Å². The van der Waals surface area contributed by atoms with Crippen LogP contribution in [-0.2, 0) is 15.1 Å². The Morgan fingerprint density at radius 2 is 1.36 bits per heavy atom. The summed E-state index contributed by atoms with van der Waals surface area (Å²) in [7, 11) is -2.89. The molecule has 22 heavy (non-hydrogen) atoms. The molecule has 2 aromatic carbocycles. The highest BCUT2D eigenvalue weighted by Crippen LogP contribution is 2.25. The zero-order valence-electron chi connectivity index (χ0n) is 11.9. The van der Waals surface area contributed by atoms with Crippen molar-refractivity contribution in [2.24, 2.45) is 0 Å². The number of benzene rings is 2. The maximum Gasteiger partial charge on any atom is 0.446 e. The van der Waals surface area contributed by atoms with Gasteiger partial charge in [-0.15, -0.1) is 0 Å². The third kappa shape index (κ3) is 5.03. The van der Waals surface area contributed by atoms with Crippen LogP contribution in [0.3, 0.4) is 0 Å². The van der Waals surface area contributed by atoms with Gasteiger partial charge in [-0.3, -0.25) is 4.55 Å². The number of ether oxygens (including phenoxy) is 2. The molecule has 118 valence electrons. The van der Waals surface area contributed by atoms with Gasteiger partial charge in [-0.25, -0.2) is 0 Å². The van der Waals surface area contributed by atoms with Crippen LogP contribution in [0.15, 0.2) is 48.5 Å².